The fourth-order valence-corrected chi connectivity index (χ4v) is 1.22. The van der Waals surface area contributed by atoms with Crippen LogP contribution in [-0.2, 0) is 6.18 Å². The first-order valence-electron chi connectivity index (χ1n) is 3.19. The molecule has 0 aliphatic heterocycles. The van der Waals surface area contributed by atoms with Gasteiger partial charge in [0, 0.05) is 0 Å². The maximum absolute atomic E-state index is 12.3. The third-order valence-corrected chi connectivity index (χ3v) is 2.44. The molecule has 1 rings (SSSR count). The number of halogens is 5. The lowest BCUT2D eigenvalue weighted by molar-refractivity contribution is -0.141. The number of alkyl halides is 3. The second-order valence-corrected chi connectivity index (χ2v) is 3.48. The molecule has 0 bridgehead atoms. The number of hydrogen-bond acceptors (Lipinski definition) is 2. The van der Waals surface area contributed by atoms with Gasteiger partial charge in [-0.05, 0) is 22.0 Å². The van der Waals surface area contributed by atoms with E-state index in [-0.39, 0.29) is 9.63 Å². The van der Waals surface area contributed by atoms with Gasteiger partial charge in [0.25, 0.3) is 0 Å². The van der Waals surface area contributed by atoms with E-state index in [2.05, 4.69) is 20.9 Å². The highest BCUT2D eigenvalue weighted by Crippen LogP contribution is 2.33. The van der Waals surface area contributed by atoms with Crippen LogP contribution >= 0.6 is 27.5 Å². The minimum atomic E-state index is -4.67. The van der Waals surface area contributed by atoms with Crippen LogP contribution in [0.25, 0.3) is 0 Å². The molecule has 0 aliphatic rings. The summed E-state index contributed by atoms with van der Waals surface area (Å²) in [5, 5.41) is 8.12. The Balaban J connectivity index is 3.45. The van der Waals surface area contributed by atoms with Crippen molar-refractivity contribution >= 4 is 27.5 Å². The molecule has 0 saturated heterocycles. The fourth-order valence-electron chi connectivity index (χ4n) is 0.768. The van der Waals surface area contributed by atoms with Crippen LogP contribution in [-0.4, -0.2) is 4.98 Å². The second-order valence-electron chi connectivity index (χ2n) is 2.27. The van der Waals surface area contributed by atoms with Gasteiger partial charge in [-0.1, -0.05) is 11.6 Å². The van der Waals surface area contributed by atoms with Crippen LogP contribution < -0.4 is 0 Å². The maximum atomic E-state index is 12.3. The number of aromatic nitrogens is 1. The van der Waals surface area contributed by atoms with E-state index >= 15 is 0 Å². The average molecular weight is 285 g/mol. The summed E-state index contributed by atoms with van der Waals surface area (Å²) in [6.45, 7) is 0. The lowest BCUT2D eigenvalue weighted by Crippen LogP contribution is -2.11. The van der Waals surface area contributed by atoms with E-state index in [0.29, 0.717) is 0 Å². The van der Waals surface area contributed by atoms with Gasteiger partial charge in [-0.25, -0.2) is 4.98 Å². The molecule has 0 N–H and O–H groups in total. The molecular formula is C7HBrClF3N2. The molecule has 0 fully saturated rings. The van der Waals surface area contributed by atoms with E-state index in [1.54, 1.807) is 0 Å². The third-order valence-electron chi connectivity index (χ3n) is 1.32. The molecular weight excluding hydrogens is 284 g/mol. The Bertz CT molecular complexity index is 411. The summed E-state index contributed by atoms with van der Waals surface area (Å²) < 4.78 is 36.9. The topological polar surface area (TPSA) is 36.7 Å². The summed E-state index contributed by atoms with van der Waals surface area (Å²) >= 11 is 8.26. The lowest BCUT2D eigenvalue weighted by atomic mass is 10.2. The van der Waals surface area contributed by atoms with Crippen LogP contribution in [0.1, 0.15) is 11.3 Å². The minimum absolute atomic E-state index is 0.156. The lowest BCUT2D eigenvalue weighted by Gasteiger charge is -2.08. The standard InChI is InChI=1S/C7HBrClF3N2/c8-4-1-3(2-13)5(7(10,11)12)14-6(4)9/h1H. The Morgan fingerprint density at radius 2 is 2.07 bits per heavy atom. The monoisotopic (exact) mass is 284 g/mol. The molecule has 0 saturated carbocycles. The Labute approximate surface area is 90.4 Å². The number of rotatable bonds is 0. The van der Waals surface area contributed by atoms with Crippen LogP contribution in [0.2, 0.25) is 5.15 Å². The van der Waals surface area contributed by atoms with Crippen molar-refractivity contribution in [3.8, 4) is 6.07 Å². The second kappa shape index (κ2) is 3.75. The number of nitrogens with zero attached hydrogens (tertiary/aromatic N) is 2. The molecule has 14 heavy (non-hydrogen) atoms. The molecule has 0 radical (unpaired) electrons. The average Bonchev–Trinajstić information content (AvgIpc) is 2.07. The smallest absolute Gasteiger partial charge is 0.229 e. The molecule has 0 amide bonds. The normalized spacial score (nSPS) is 11.1. The van der Waals surface area contributed by atoms with E-state index in [1.807, 2.05) is 0 Å². The highest BCUT2D eigenvalue weighted by Gasteiger charge is 2.36. The Morgan fingerprint density at radius 3 is 2.50 bits per heavy atom. The van der Waals surface area contributed by atoms with Gasteiger partial charge < -0.3 is 0 Å². The molecule has 0 aromatic carbocycles. The van der Waals surface area contributed by atoms with Crippen molar-refractivity contribution < 1.29 is 13.2 Å². The van der Waals surface area contributed by atoms with Gasteiger partial charge in [0.05, 0.1) is 10.0 Å². The van der Waals surface area contributed by atoms with Crippen LogP contribution in [0.3, 0.4) is 0 Å². The summed E-state index contributed by atoms with van der Waals surface area (Å²) in [6, 6.07) is 2.38. The van der Waals surface area contributed by atoms with E-state index < -0.39 is 17.4 Å². The SMILES string of the molecule is N#Cc1cc(Br)c(Cl)nc1C(F)(F)F. The summed E-state index contributed by atoms with van der Waals surface area (Å²) in [4.78, 5) is 3.09. The van der Waals surface area contributed by atoms with Gasteiger partial charge in [0.15, 0.2) is 5.69 Å². The summed E-state index contributed by atoms with van der Waals surface area (Å²) in [5.41, 5.74) is -1.83. The molecule has 0 atom stereocenters. The largest absolute Gasteiger partial charge is 0.434 e. The minimum Gasteiger partial charge on any atom is -0.229 e. The predicted molar refractivity (Wildman–Crippen MR) is 46.7 cm³/mol. The Kier molecular flexibility index (Phi) is 3.02. The van der Waals surface area contributed by atoms with E-state index in [0.717, 1.165) is 6.07 Å². The van der Waals surface area contributed by atoms with Crippen molar-refractivity contribution in [2.45, 2.75) is 6.18 Å². The summed E-state index contributed by atoms with van der Waals surface area (Å²) in [6.07, 6.45) is -4.67. The van der Waals surface area contributed by atoms with E-state index in [1.165, 1.54) is 6.07 Å². The first-order valence-corrected chi connectivity index (χ1v) is 4.36. The molecule has 1 heterocycles. The first kappa shape index (κ1) is 11.3. The van der Waals surface area contributed by atoms with Gasteiger partial charge in [-0.15, -0.1) is 0 Å². The van der Waals surface area contributed by atoms with Crippen molar-refractivity contribution in [1.29, 1.82) is 5.26 Å². The Hall–Kier alpha value is -0.800. The predicted octanol–water partition coefficient (Wildman–Crippen LogP) is 3.39. The molecule has 74 valence electrons. The zero-order valence-corrected chi connectivity index (χ0v) is 8.70. The van der Waals surface area contributed by atoms with E-state index in [9.17, 15) is 13.2 Å². The highest BCUT2D eigenvalue weighted by molar-refractivity contribution is 9.10. The van der Waals surface area contributed by atoms with Crippen molar-refractivity contribution in [2.24, 2.45) is 0 Å². The van der Waals surface area contributed by atoms with Gasteiger partial charge >= 0.3 is 6.18 Å². The highest BCUT2D eigenvalue weighted by atomic mass is 79.9. The summed E-state index contributed by atoms with van der Waals surface area (Å²) in [7, 11) is 0. The number of nitriles is 1. The van der Waals surface area contributed by atoms with Crippen LogP contribution in [0.5, 0.6) is 0 Å². The molecule has 7 heteroatoms. The Morgan fingerprint density at radius 1 is 1.50 bits per heavy atom. The van der Waals surface area contributed by atoms with Crippen molar-refractivity contribution in [3.63, 3.8) is 0 Å². The zero-order valence-electron chi connectivity index (χ0n) is 6.36. The molecule has 1 aromatic heterocycles. The van der Waals surface area contributed by atoms with Gasteiger partial charge in [-0.3, -0.25) is 0 Å². The quantitative estimate of drug-likeness (QED) is 0.685. The molecule has 0 unspecified atom stereocenters. The summed E-state index contributed by atoms with van der Waals surface area (Å²) in [5.74, 6) is 0. The van der Waals surface area contributed by atoms with Crippen molar-refractivity contribution in [1.82, 2.24) is 4.98 Å². The van der Waals surface area contributed by atoms with Gasteiger partial charge in [-0.2, -0.15) is 18.4 Å². The number of hydrogen-bond donors (Lipinski definition) is 0. The van der Waals surface area contributed by atoms with Crippen molar-refractivity contribution in [3.05, 3.63) is 26.9 Å². The maximum Gasteiger partial charge on any atom is 0.434 e. The number of pyridine rings is 1. The third kappa shape index (κ3) is 2.16. The van der Waals surface area contributed by atoms with Gasteiger partial charge in [0.1, 0.15) is 11.2 Å². The molecule has 1 aromatic rings. The van der Waals surface area contributed by atoms with Gasteiger partial charge in [0.2, 0.25) is 0 Å². The van der Waals surface area contributed by atoms with Crippen LogP contribution in [0.15, 0.2) is 10.5 Å². The van der Waals surface area contributed by atoms with Crippen LogP contribution in [0, 0.1) is 11.3 Å². The van der Waals surface area contributed by atoms with Crippen LogP contribution in [0.4, 0.5) is 13.2 Å². The fraction of sp³-hybridized carbons (Fsp3) is 0.143. The molecule has 0 spiro atoms. The zero-order chi connectivity index (χ0) is 10.9. The first-order chi connectivity index (χ1) is 6.36. The molecule has 0 aliphatic carbocycles. The van der Waals surface area contributed by atoms with E-state index in [4.69, 9.17) is 16.9 Å². The van der Waals surface area contributed by atoms with Crippen molar-refractivity contribution in [2.75, 3.05) is 0 Å². The molecule has 2 nitrogen and oxygen atoms in total.